The smallest absolute Gasteiger partial charge is 0.232 e. The highest BCUT2D eigenvalue weighted by Crippen LogP contribution is 2.30. The quantitative estimate of drug-likeness (QED) is 0.837. The van der Waals surface area contributed by atoms with Crippen molar-refractivity contribution in [1.29, 1.82) is 0 Å². The molecule has 1 aromatic carbocycles. The predicted molar refractivity (Wildman–Crippen MR) is 71.3 cm³/mol. The van der Waals surface area contributed by atoms with Gasteiger partial charge in [0.05, 0.1) is 12.5 Å². The van der Waals surface area contributed by atoms with Crippen molar-refractivity contribution in [2.24, 2.45) is 0 Å². The molecule has 0 radical (unpaired) electrons. The number of benzene rings is 1. The fourth-order valence-electron chi connectivity index (χ4n) is 2.31. The van der Waals surface area contributed by atoms with Gasteiger partial charge in [-0.25, -0.2) is 0 Å². The molecule has 98 valence electrons. The van der Waals surface area contributed by atoms with Crippen LogP contribution >= 0.6 is 0 Å². The first-order valence-corrected chi connectivity index (χ1v) is 6.74. The van der Waals surface area contributed by atoms with Gasteiger partial charge in [-0.3, -0.25) is 4.79 Å². The van der Waals surface area contributed by atoms with Gasteiger partial charge in [-0.1, -0.05) is 37.3 Å². The van der Waals surface area contributed by atoms with Gasteiger partial charge >= 0.3 is 0 Å². The summed E-state index contributed by atoms with van der Waals surface area (Å²) >= 11 is 0. The molecule has 1 saturated carbocycles. The molecule has 0 spiro atoms. The Kier molecular flexibility index (Phi) is 4.37. The van der Waals surface area contributed by atoms with Crippen LogP contribution in [-0.4, -0.2) is 35.1 Å². The number of hydrogen-bond donors (Lipinski definition) is 1. The van der Waals surface area contributed by atoms with Crippen molar-refractivity contribution < 1.29 is 9.90 Å². The lowest BCUT2D eigenvalue weighted by Gasteiger charge is -2.26. The van der Waals surface area contributed by atoms with E-state index in [1.165, 1.54) is 0 Å². The maximum Gasteiger partial charge on any atom is 0.232 e. The molecular formula is C15H21NO2. The summed E-state index contributed by atoms with van der Waals surface area (Å²) in [5.41, 5.74) is 0.909. The molecule has 0 saturated heterocycles. The molecule has 18 heavy (non-hydrogen) atoms. The van der Waals surface area contributed by atoms with Crippen molar-refractivity contribution in [3.8, 4) is 0 Å². The SMILES string of the molecule is CCCN(C(=O)C(CO)c1ccccc1)C1CC1. The van der Waals surface area contributed by atoms with Crippen LogP contribution in [-0.2, 0) is 4.79 Å². The van der Waals surface area contributed by atoms with Crippen molar-refractivity contribution in [1.82, 2.24) is 4.90 Å². The highest BCUT2D eigenvalue weighted by Gasteiger charge is 2.35. The molecule has 0 aliphatic heterocycles. The van der Waals surface area contributed by atoms with Gasteiger partial charge in [-0.15, -0.1) is 0 Å². The lowest BCUT2D eigenvalue weighted by molar-refractivity contribution is -0.134. The van der Waals surface area contributed by atoms with Crippen molar-refractivity contribution >= 4 is 5.91 Å². The Labute approximate surface area is 108 Å². The number of carbonyl (C=O) groups is 1. The summed E-state index contributed by atoms with van der Waals surface area (Å²) in [5.74, 6) is -0.327. The molecule has 1 atom stereocenters. The molecule has 0 aromatic heterocycles. The van der Waals surface area contributed by atoms with Crippen LogP contribution in [0.2, 0.25) is 0 Å². The number of aliphatic hydroxyl groups is 1. The third kappa shape index (κ3) is 2.91. The van der Waals surface area contributed by atoms with Crippen LogP contribution in [0.1, 0.15) is 37.7 Å². The fourth-order valence-corrected chi connectivity index (χ4v) is 2.31. The maximum atomic E-state index is 12.5. The zero-order chi connectivity index (χ0) is 13.0. The molecule has 0 heterocycles. The molecular weight excluding hydrogens is 226 g/mol. The lowest BCUT2D eigenvalue weighted by atomic mass is 9.98. The molecule has 3 heteroatoms. The Morgan fingerprint density at radius 1 is 1.39 bits per heavy atom. The summed E-state index contributed by atoms with van der Waals surface area (Å²) in [4.78, 5) is 14.5. The van der Waals surface area contributed by atoms with Crippen LogP contribution in [0.3, 0.4) is 0 Å². The summed E-state index contributed by atoms with van der Waals surface area (Å²) in [7, 11) is 0. The summed E-state index contributed by atoms with van der Waals surface area (Å²) in [6.07, 6.45) is 3.19. The van der Waals surface area contributed by atoms with E-state index in [0.717, 1.165) is 31.4 Å². The Balaban J connectivity index is 2.13. The standard InChI is InChI=1S/C15H21NO2/c1-2-10-16(13-8-9-13)15(18)14(11-17)12-6-4-3-5-7-12/h3-7,13-14,17H,2,8-11H2,1H3. The molecule has 0 bridgehead atoms. The zero-order valence-electron chi connectivity index (χ0n) is 10.9. The van der Waals surface area contributed by atoms with Crippen LogP contribution in [0.5, 0.6) is 0 Å². The zero-order valence-corrected chi connectivity index (χ0v) is 10.9. The Hall–Kier alpha value is -1.35. The van der Waals surface area contributed by atoms with Gasteiger partial charge in [0, 0.05) is 12.6 Å². The number of amides is 1. The topological polar surface area (TPSA) is 40.5 Å². The second kappa shape index (κ2) is 6.01. The minimum atomic E-state index is -0.404. The summed E-state index contributed by atoms with van der Waals surface area (Å²) < 4.78 is 0. The van der Waals surface area contributed by atoms with Crippen LogP contribution in [0, 0.1) is 0 Å². The van der Waals surface area contributed by atoms with Gasteiger partial charge in [0.2, 0.25) is 5.91 Å². The van der Waals surface area contributed by atoms with Gasteiger partial charge < -0.3 is 10.0 Å². The van der Waals surface area contributed by atoms with E-state index in [1.807, 2.05) is 35.2 Å². The van der Waals surface area contributed by atoms with E-state index in [2.05, 4.69) is 6.92 Å². The Morgan fingerprint density at radius 3 is 2.56 bits per heavy atom. The van der Waals surface area contributed by atoms with E-state index in [0.29, 0.717) is 6.04 Å². The molecule has 1 unspecified atom stereocenters. The normalized spacial score (nSPS) is 16.3. The van der Waals surface area contributed by atoms with E-state index in [1.54, 1.807) is 0 Å². The van der Waals surface area contributed by atoms with E-state index in [9.17, 15) is 9.90 Å². The van der Waals surface area contributed by atoms with Crippen LogP contribution < -0.4 is 0 Å². The maximum absolute atomic E-state index is 12.5. The molecule has 1 amide bonds. The van der Waals surface area contributed by atoms with Crippen LogP contribution in [0.15, 0.2) is 30.3 Å². The first-order valence-electron chi connectivity index (χ1n) is 6.74. The van der Waals surface area contributed by atoms with Crippen molar-refractivity contribution in [2.75, 3.05) is 13.2 Å². The van der Waals surface area contributed by atoms with E-state index in [4.69, 9.17) is 0 Å². The lowest BCUT2D eigenvalue weighted by Crippen LogP contribution is -2.38. The number of rotatable bonds is 6. The fraction of sp³-hybridized carbons (Fsp3) is 0.533. The molecule has 1 fully saturated rings. The van der Waals surface area contributed by atoms with Gasteiger partial charge in [0.15, 0.2) is 0 Å². The highest BCUT2D eigenvalue weighted by molar-refractivity contribution is 5.84. The first-order chi connectivity index (χ1) is 8.77. The van der Waals surface area contributed by atoms with Gasteiger partial charge in [0.1, 0.15) is 0 Å². The Morgan fingerprint density at radius 2 is 2.06 bits per heavy atom. The number of carbonyl (C=O) groups excluding carboxylic acids is 1. The van der Waals surface area contributed by atoms with Crippen molar-refractivity contribution in [3.05, 3.63) is 35.9 Å². The number of aliphatic hydroxyl groups excluding tert-OH is 1. The third-order valence-electron chi connectivity index (χ3n) is 3.42. The van der Waals surface area contributed by atoms with Crippen molar-refractivity contribution in [3.63, 3.8) is 0 Å². The third-order valence-corrected chi connectivity index (χ3v) is 3.42. The van der Waals surface area contributed by atoms with Crippen LogP contribution in [0.25, 0.3) is 0 Å². The highest BCUT2D eigenvalue weighted by atomic mass is 16.3. The van der Waals surface area contributed by atoms with Gasteiger partial charge in [-0.2, -0.15) is 0 Å². The summed E-state index contributed by atoms with van der Waals surface area (Å²) in [6, 6.07) is 9.98. The average Bonchev–Trinajstić information content (AvgIpc) is 3.22. The van der Waals surface area contributed by atoms with Gasteiger partial charge in [0.25, 0.3) is 0 Å². The minimum absolute atomic E-state index is 0.0769. The molecule has 3 nitrogen and oxygen atoms in total. The molecule has 1 aliphatic rings. The van der Waals surface area contributed by atoms with Crippen molar-refractivity contribution in [2.45, 2.75) is 38.1 Å². The monoisotopic (exact) mass is 247 g/mol. The van der Waals surface area contributed by atoms with Crippen LogP contribution in [0.4, 0.5) is 0 Å². The first kappa shape index (κ1) is 13.1. The molecule has 2 rings (SSSR count). The molecule has 1 aromatic rings. The van der Waals surface area contributed by atoms with Gasteiger partial charge in [-0.05, 0) is 24.8 Å². The predicted octanol–water partition coefficient (Wildman–Crippen LogP) is 2.16. The van der Waals surface area contributed by atoms with E-state index >= 15 is 0 Å². The largest absolute Gasteiger partial charge is 0.395 e. The minimum Gasteiger partial charge on any atom is -0.395 e. The summed E-state index contributed by atoms with van der Waals surface area (Å²) in [5, 5.41) is 9.52. The Bertz CT molecular complexity index is 387. The van der Waals surface area contributed by atoms with E-state index in [-0.39, 0.29) is 12.5 Å². The number of hydrogen-bond acceptors (Lipinski definition) is 2. The molecule has 1 N–H and O–H groups in total. The molecule has 1 aliphatic carbocycles. The second-order valence-electron chi connectivity index (χ2n) is 4.91. The summed E-state index contributed by atoms with van der Waals surface area (Å²) in [6.45, 7) is 2.77. The van der Waals surface area contributed by atoms with E-state index < -0.39 is 5.92 Å². The average molecular weight is 247 g/mol. The second-order valence-corrected chi connectivity index (χ2v) is 4.91. The number of nitrogens with zero attached hydrogens (tertiary/aromatic N) is 1.